The van der Waals surface area contributed by atoms with Gasteiger partial charge in [0.2, 0.25) is 0 Å². The maximum atomic E-state index is 12.2. The van der Waals surface area contributed by atoms with Gasteiger partial charge < -0.3 is 4.74 Å². The van der Waals surface area contributed by atoms with Gasteiger partial charge in [-0.3, -0.25) is 4.21 Å². The SMILES string of the molecule is CC[C@H]1C=C(S(=O)C2CCCCC2)C(=O)O1. The van der Waals surface area contributed by atoms with Gasteiger partial charge in [-0.2, -0.15) is 0 Å². The second-order valence-corrected chi connectivity index (χ2v) is 6.14. The lowest BCUT2D eigenvalue weighted by Gasteiger charge is -2.20. The van der Waals surface area contributed by atoms with Crippen molar-refractivity contribution < 1.29 is 13.7 Å². The van der Waals surface area contributed by atoms with Crippen molar-refractivity contribution >= 4 is 16.8 Å². The lowest BCUT2D eigenvalue weighted by atomic mass is 10.0. The van der Waals surface area contributed by atoms with E-state index in [-0.39, 0.29) is 17.3 Å². The van der Waals surface area contributed by atoms with Crippen LogP contribution >= 0.6 is 0 Å². The zero-order valence-corrected chi connectivity index (χ0v) is 10.4. The summed E-state index contributed by atoms with van der Waals surface area (Å²) in [4.78, 5) is 12.0. The summed E-state index contributed by atoms with van der Waals surface area (Å²) >= 11 is 0. The quantitative estimate of drug-likeness (QED) is 0.713. The summed E-state index contributed by atoms with van der Waals surface area (Å²) in [5, 5.41) is 0.170. The minimum absolute atomic E-state index is 0.157. The fourth-order valence-electron chi connectivity index (χ4n) is 2.28. The predicted molar refractivity (Wildman–Crippen MR) is 63.3 cm³/mol. The summed E-state index contributed by atoms with van der Waals surface area (Å²) in [6.07, 6.45) is 7.82. The van der Waals surface area contributed by atoms with E-state index in [0.717, 1.165) is 32.1 Å². The van der Waals surface area contributed by atoms with Crippen LogP contribution in [0.3, 0.4) is 0 Å². The van der Waals surface area contributed by atoms with Crippen LogP contribution in [0.25, 0.3) is 0 Å². The molecule has 0 aromatic rings. The average Bonchev–Trinajstić information content (AvgIpc) is 2.71. The molecule has 0 aromatic carbocycles. The fraction of sp³-hybridized carbons (Fsp3) is 0.750. The Morgan fingerprint density at radius 2 is 2.06 bits per heavy atom. The molecular weight excluding hydrogens is 224 g/mol. The molecule has 1 saturated carbocycles. The van der Waals surface area contributed by atoms with Gasteiger partial charge in [0.15, 0.2) is 0 Å². The molecule has 90 valence electrons. The summed E-state index contributed by atoms with van der Waals surface area (Å²) in [6.45, 7) is 1.96. The topological polar surface area (TPSA) is 43.4 Å². The van der Waals surface area contributed by atoms with Crippen molar-refractivity contribution in [2.75, 3.05) is 0 Å². The van der Waals surface area contributed by atoms with E-state index in [4.69, 9.17) is 4.74 Å². The highest BCUT2D eigenvalue weighted by Gasteiger charge is 2.32. The minimum Gasteiger partial charge on any atom is -0.454 e. The first-order valence-electron chi connectivity index (χ1n) is 6.05. The highest BCUT2D eigenvalue weighted by atomic mass is 32.2. The molecule has 3 nitrogen and oxygen atoms in total. The van der Waals surface area contributed by atoms with Gasteiger partial charge in [0.1, 0.15) is 11.0 Å². The molecule has 4 heteroatoms. The number of cyclic esters (lactones) is 1. The Labute approximate surface area is 98.7 Å². The molecule has 2 aliphatic rings. The molecule has 0 amide bonds. The second-order valence-electron chi connectivity index (χ2n) is 4.44. The molecule has 0 aromatic heterocycles. The lowest BCUT2D eigenvalue weighted by Crippen LogP contribution is -2.22. The van der Waals surface area contributed by atoms with E-state index in [0.29, 0.717) is 4.91 Å². The van der Waals surface area contributed by atoms with E-state index in [1.165, 1.54) is 6.42 Å². The summed E-state index contributed by atoms with van der Waals surface area (Å²) in [6, 6.07) is 0. The Morgan fingerprint density at radius 3 is 2.62 bits per heavy atom. The third kappa shape index (κ3) is 2.37. The van der Waals surface area contributed by atoms with Gasteiger partial charge in [-0.05, 0) is 25.3 Å². The number of hydrogen-bond donors (Lipinski definition) is 0. The first-order valence-corrected chi connectivity index (χ1v) is 7.27. The van der Waals surface area contributed by atoms with Crippen molar-refractivity contribution in [2.24, 2.45) is 0 Å². The number of carbonyl (C=O) groups is 1. The van der Waals surface area contributed by atoms with Gasteiger partial charge in [0, 0.05) is 5.25 Å². The molecule has 1 unspecified atom stereocenters. The molecule has 0 radical (unpaired) electrons. The molecule has 1 aliphatic heterocycles. The third-order valence-corrected chi connectivity index (χ3v) is 5.08. The van der Waals surface area contributed by atoms with E-state index < -0.39 is 10.8 Å². The van der Waals surface area contributed by atoms with Gasteiger partial charge in [0.25, 0.3) is 0 Å². The molecule has 0 N–H and O–H groups in total. The number of rotatable bonds is 3. The zero-order chi connectivity index (χ0) is 11.5. The molecule has 0 bridgehead atoms. The largest absolute Gasteiger partial charge is 0.454 e. The molecule has 2 atom stereocenters. The van der Waals surface area contributed by atoms with Crippen LogP contribution in [0.5, 0.6) is 0 Å². The number of esters is 1. The Balaban J connectivity index is 2.06. The second kappa shape index (κ2) is 5.13. The van der Waals surface area contributed by atoms with Crippen LogP contribution < -0.4 is 0 Å². The number of ether oxygens (including phenoxy) is 1. The summed E-state index contributed by atoms with van der Waals surface area (Å²) < 4.78 is 17.3. The van der Waals surface area contributed by atoms with Gasteiger partial charge in [-0.1, -0.05) is 26.2 Å². The monoisotopic (exact) mass is 242 g/mol. The summed E-state index contributed by atoms with van der Waals surface area (Å²) in [5.74, 6) is -0.365. The normalized spacial score (nSPS) is 28.7. The number of carbonyl (C=O) groups excluding carboxylic acids is 1. The van der Waals surface area contributed by atoms with Gasteiger partial charge in [-0.25, -0.2) is 4.79 Å². The van der Waals surface area contributed by atoms with E-state index in [2.05, 4.69) is 0 Å². The fourth-order valence-corrected chi connectivity index (χ4v) is 3.89. The maximum absolute atomic E-state index is 12.2. The predicted octanol–water partition coefficient (Wildman–Crippen LogP) is 2.29. The molecule has 2 rings (SSSR count). The lowest BCUT2D eigenvalue weighted by molar-refractivity contribution is -0.139. The van der Waals surface area contributed by atoms with Crippen LogP contribution in [0.1, 0.15) is 45.4 Å². The molecule has 1 fully saturated rings. The molecule has 0 saturated heterocycles. The Kier molecular flexibility index (Phi) is 3.79. The third-order valence-electron chi connectivity index (χ3n) is 3.27. The van der Waals surface area contributed by atoms with Crippen LogP contribution in [0.15, 0.2) is 11.0 Å². The van der Waals surface area contributed by atoms with Crippen molar-refractivity contribution in [3.05, 3.63) is 11.0 Å². The average molecular weight is 242 g/mol. The summed E-state index contributed by atoms with van der Waals surface area (Å²) in [7, 11) is -1.15. The summed E-state index contributed by atoms with van der Waals surface area (Å²) in [5.41, 5.74) is 0. The molecule has 1 heterocycles. The van der Waals surface area contributed by atoms with Crippen molar-refractivity contribution in [3.8, 4) is 0 Å². The van der Waals surface area contributed by atoms with E-state index in [9.17, 15) is 9.00 Å². The molecule has 16 heavy (non-hydrogen) atoms. The van der Waals surface area contributed by atoms with Crippen molar-refractivity contribution in [3.63, 3.8) is 0 Å². The first-order chi connectivity index (χ1) is 7.72. The van der Waals surface area contributed by atoms with Crippen LogP contribution in [0, 0.1) is 0 Å². The van der Waals surface area contributed by atoms with Crippen LogP contribution in [-0.4, -0.2) is 21.5 Å². The highest BCUT2D eigenvalue weighted by molar-refractivity contribution is 7.90. The van der Waals surface area contributed by atoms with Crippen molar-refractivity contribution in [1.29, 1.82) is 0 Å². The van der Waals surface area contributed by atoms with Crippen LogP contribution in [0.2, 0.25) is 0 Å². The van der Waals surface area contributed by atoms with Crippen molar-refractivity contribution in [1.82, 2.24) is 0 Å². The van der Waals surface area contributed by atoms with Crippen LogP contribution in [-0.2, 0) is 20.3 Å². The minimum atomic E-state index is -1.15. The van der Waals surface area contributed by atoms with Gasteiger partial charge >= 0.3 is 5.97 Å². The smallest absolute Gasteiger partial charge is 0.347 e. The van der Waals surface area contributed by atoms with E-state index >= 15 is 0 Å². The zero-order valence-electron chi connectivity index (χ0n) is 9.61. The molecule has 1 aliphatic carbocycles. The van der Waals surface area contributed by atoms with Crippen molar-refractivity contribution in [2.45, 2.75) is 56.8 Å². The highest BCUT2D eigenvalue weighted by Crippen LogP contribution is 2.28. The van der Waals surface area contributed by atoms with E-state index in [1.807, 2.05) is 6.92 Å². The molecule has 0 spiro atoms. The van der Waals surface area contributed by atoms with Gasteiger partial charge in [-0.15, -0.1) is 0 Å². The maximum Gasteiger partial charge on any atom is 0.347 e. The molecular formula is C12H18O3S. The Hall–Kier alpha value is -0.640. The standard InChI is InChI=1S/C12H18O3S/c1-2-9-8-11(12(13)15-9)16(14)10-6-4-3-5-7-10/h8-10H,2-7H2,1H3/t9-,16?/m0/s1. The van der Waals surface area contributed by atoms with E-state index in [1.54, 1.807) is 6.08 Å². The van der Waals surface area contributed by atoms with Crippen LogP contribution in [0.4, 0.5) is 0 Å². The van der Waals surface area contributed by atoms with Gasteiger partial charge in [0.05, 0.1) is 10.8 Å². The Bertz CT molecular complexity index is 329. The first kappa shape index (κ1) is 11.8. The Morgan fingerprint density at radius 1 is 1.38 bits per heavy atom. The number of hydrogen-bond acceptors (Lipinski definition) is 3.